The molecule has 0 spiro atoms. The molecule has 1 fully saturated rings. The summed E-state index contributed by atoms with van der Waals surface area (Å²) in [5.41, 5.74) is 4.69. The van der Waals surface area contributed by atoms with Crippen LogP contribution in [0.1, 0.15) is 16.1 Å². The number of hydrogen-bond acceptors (Lipinski definition) is 7. The molecule has 0 saturated carbocycles. The van der Waals surface area contributed by atoms with Gasteiger partial charge < -0.3 is 10.2 Å². The first kappa shape index (κ1) is 23.8. The Morgan fingerprint density at radius 2 is 1.83 bits per heavy atom. The van der Waals surface area contributed by atoms with Crippen LogP contribution >= 0.6 is 0 Å². The van der Waals surface area contributed by atoms with Crippen molar-refractivity contribution in [2.45, 2.75) is 13.5 Å². The summed E-state index contributed by atoms with van der Waals surface area (Å²) in [5.74, 6) is -0.283. The van der Waals surface area contributed by atoms with Crippen LogP contribution in [0.25, 0.3) is 22.6 Å². The molecule has 1 saturated heterocycles. The van der Waals surface area contributed by atoms with Gasteiger partial charge in [-0.1, -0.05) is 12.1 Å². The SMILES string of the molecule is Cc1ccc(-c2cccnc2)nc1C(=O)Nc1cn(CCN2CCN(C)CC2)nc1-c1ccccn1. The maximum Gasteiger partial charge on any atom is 0.274 e. The molecule has 9 heteroatoms. The Kier molecular flexibility index (Phi) is 7.11. The average Bonchev–Trinajstić information content (AvgIpc) is 3.32. The minimum absolute atomic E-state index is 0.283. The molecule has 5 rings (SSSR count). The fourth-order valence-electron chi connectivity index (χ4n) is 4.25. The zero-order valence-electron chi connectivity index (χ0n) is 20.6. The van der Waals surface area contributed by atoms with Crippen molar-refractivity contribution >= 4 is 11.6 Å². The Bertz CT molecular complexity index is 1310. The van der Waals surface area contributed by atoms with Crippen LogP contribution in [-0.2, 0) is 6.54 Å². The van der Waals surface area contributed by atoms with Crippen molar-refractivity contribution in [1.29, 1.82) is 0 Å². The van der Waals surface area contributed by atoms with Gasteiger partial charge in [-0.25, -0.2) is 4.98 Å². The summed E-state index contributed by atoms with van der Waals surface area (Å²) in [7, 11) is 2.15. The number of pyridine rings is 3. The van der Waals surface area contributed by atoms with E-state index >= 15 is 0 Å². The lowest BCUT2D eigenvalue weighted by Gasteiger charge is -2.32. The highest BCUT2D eigenvalue weighted by Gasteiger charge is 2.19. The van der Waals surface area contributed by atoms with E-state index in [9.17, 15) is 4.79 Å². The fraction of sp³-hybridized carbons (Fsp3) is 0.296. The van der Waals surface area contributed by atoms with Crippen LogP contribution in [0, 0.1) is 6.92 Å². The molecule has 36 heavy (non-hydrogen) atoms. The van der Waals surface area contributed by atoms with Gasteiger partial charge in [0.25, 0.3) is 5.91 Å². The quantitative estimate of drug-likeness (QED) is 0.432. The largest absolute Gasteiger partial charge is 0.317 e. The number of carbonyl (C=O) groups excluding carboxylic acids is 1. The van der Waals surface area contributed by atoms with E-state index in [0.717, 1.165) is 50.4 Å². The highest BCUT2D eigenvalue weighted by Crippen LogP contribution is 2.26. The molecule has 1 aliphatic heterocycles. The number of anilines is 1. The smallest absolute Gasteiger partial charge is 0.274 e. The Hall–Kier alpha value is -3.95. The molecule has 9 nitrogen and oxygen atoms in total. The first-order valence-electron chi connectivity index (χ1n) is 12.2. The molecule has 0 bridgehead atoms. The van der Waals surface area contributed by atoms with Gasteiger partial charge in [0.15, 0.2) is 0 Å². The molecule has 5 heterocycles. The maximum absolute atomic E-state index is 13.4. The van der Waals surface area contributed by atoms with Gasteiger partial charge in [-0.15, -0.1) is 0 Å². The molecular formula is C27H30N8O. The molecule has 1 N–H and O–H groups in total. The maximum atomic E-state index is 13.4. The van der Waals surface area contributed by atoms with E-state index in [2.05, 4.69) is 37.1 Å². The van der Waals surface area contributed by atoms with E-state index in [1.165, 1.54) is 0 Å². The van der Waals surface area contributed by atoms with Gasteiger partial charge >= 0.3 is 0 Å². The summed E-state index contributed by atoms with van der Waals surface area (Å²) in [6, 6.07) is 13.3. The molecule has 0 radical (unpaired) electrons. The summed E-state index contributed by atoms with van der Waals surface area (Å²) < 4.78 is 1.89. The minimum Gasteiger partial charge on any atom is -0.317 e. The zero-order valence-corrected chi connectivity index (χ0v) is 20.6. The van der Waals surface area contributed by atoms with Crippen molar-refractivity contribution in [3.63, 3.8) is 0 Å². The number of aryl methyl sites for hydroxylation is 1. The zero-order chi connectivity index (χ0) is 24.9. The predicted octanol–water partition coefficient (Wildman–Crippen LogP) is 3.21. The molecule has 1 amide bonds. The lowest BCUT2D eigenvalue weighted by Crippen LogP contribution is -2.45. The summed E-state index contributed by atoms with van der Waals surface area (Å²) >= 11 is 0. The topological polar surface area (TPSA) is 92.1 Å². The Morgan fingerprint density at radius 3 is 2.58 bits per heavy atom. The Labute approximate surface area is 210 Å². The number of amides is 1. The number of piperazine rings is 1. The van der Waals surface area contributed by atoms with Gasteiger partial charge in [0.05, 0.1) is 23.6 Å². The van der Waals surface area contributed by atoms with Crippen molar-refractivity contribution in [3.05, 3.63) is 78.5 Å². The third-order valence-corrected chi connectivity index (χ3v) is 6.43. The molecule has 0 unspecified atom stereocenters. The Balaban J connectivity index is 1.39. The molecule has 0 aliphatic carbocycles. The Morgan fingerprint density at radius 1 is 0.972 bits per heavy atom. The highest BCUT2D eigenvalue weighted by molar-refractivity contribution is 6.05. The van der Waals surface area contributed by atoms with Crippen molar-refractivity contribution < 1.29 is 4.79 Å². The summed E-state index contributed by atoms with van der Waals surface area (Å²) in [6.45, 7) is 7.76. The number of carbonyl (C=O) groups is 1. The van der Waals surface area contributed by atoms with E-state index in [1.54, 1.807) is 18.6 Å². The predicted molar refractivity (Wildman–Crippen MR) is 140 cm³/mol. The highest BCUT2D eigenvalue weighted by atomic mass is 16.1. The van der Waals surface area contributed by atoms with Gasteiger partial charge in [-0.05, 0) is 49.9 Å². The molecular weight excluding hydrogens is 452 g/mol. The second kappa shape index (κ2) is 10.8. The number of nitrogens with one attached hydrogen (secondary N) is 1. The van der Waals surface area contributed by atoms with Crippen LogP contribution in [0.4, 0.5) is 5.69 Å². The van der Waals surface area contributed by atoms with Crippen molar-refractivity contribution in [2.75, 3.05) is 45.1 Å². The fourth-order valence-corrected chi connectivity index (χ4v) is 4.25. The first-order chi connectivity index (χ1) is 17.6. The third kappa shape index (κ3) is 5.48. The second-order valence-electron chi connectivity index (χ2n) is 9.07. The number of likely N-dealkylation sites (N-methyl/N-ethyl adjacent to an activating group) is 1. The van der Waals surface area contributed by atoms with E-state index in [-0.39, 0.29) is 5.91 Å². The van der Waals surface area contributed by atoms with Crippen molar-refractivity contribution in [2.24, 2.45) is 0 Å². The summed E-state index contributed by atoms with van der Waals surface area (Å²) in [6.07, 6.45) is 7.07. The normalized spacial score (nSPS) is 14.6. The van der Waals surface area contributed by atoms with Gasteiger partial charge in [0, 0.05) is 63.1 Å². The number of rotatable bonds is 7. The molecule has 0 atom stereocenters. The molecule has 184 valence electrons. The van der Waals surface area contributed by atoms with Crippen LogP contribution in [0.5, 0.6) is 0 Å². The standard InChI is InChI=1S/C27H30N8O/c1-20-8-9-22(21-6-5-10-28-18-21)30-25(20)27(36)31-24-19-35(17-16-34-14-12-33(2)13-15-34)32-26(24)23-7-3-4-11-29-23/h3-11,18-19H,12-17H2,1-2H3,(H,31,36). The average molecular weight is 483 g/mol. The van der Waals surface area contributed by atoms with Crippen LogP contribution in [0.3, 0.4) is 0 Å². The monoisotopic (exact) mass is 482 g/mol. The van der Waals surface area contributed by atoms with Crippen molar-refractivity contribution in [1.82, 2.24) is 34.5 Å². The second-order valence-corrected chi connectivity index (χ2v) is 9.07. The lowest BCUT2D eigenvalue weighted by atomic mass is 10.1. The van der Waals surface area contributed by atoms with E-state index < -0.39 is 0 Å². The van der Waals surface area contributed by atoms with Gasteiger partial charge in [0.1, 0.15) is 11.4 Å². The lowest BCUT2D eigenvalue weighted by molar-refractivity contribution is 0.102. The van der Waals surface area contributed by atoms with Crippen LogP contribution in [0.2, 0.25) is 0 Å². The van der Waals surface area contributed by atoms with Gasteiger partial charge in [0.2, 0.25) is 0 Å². The van der Waals surface area contributed by atoms with Gasteiger partial charge in [-0.2, -0.15) is 5.10 Å². The first-order valence-corrected chi connectivity index (χ1v) is 12.2. The molecule has 0 aromatic carbocycles. The van der Waals surface area contributed by atoms with E-state index in [1.807, 2.05) is 60.3 Å². The van der Waals surface area contributed by atoms with E-state index in [0.29, 0.717) is 28.5 Å². The minimum atomic E-state index is -0.283. The van der Waals surface area contributed by atoms with Crippen LogP contribution in [0.15, 0.2) is 67.3 Å². The van der Waals surface area contributed by atoms with Crippen LogP contribution < -0.4 is 5.32 Å². The van der Waals surface area contributed by atoms with E-state index in [4.69, 9.17) is 5.10 Å². The van der Waals surface area contributed by atoms with Gasteiger partial charge in [-0.3, -0.25) is 24.3 Å². The summed E-state index contributed by atoms with van der Waals surface area (Å²) in [4.78, 5) is 31.5. The number of hydrogen-bond donors (Lipinski definition) is 1. The van der Waals surface area contributed by atoms with Crippen molar-refractivity contribution in [3.8, 4) is 22.6 Å². The van der Waals surface area contributed by atoms with Crippen LogP contribution in [-0.4, -0.2) is 80.2 Å². The third-order valence-electron chi connectivity index (χ3n) is 6.43. The summed E-state index contributed by atoms with van der Waals surface area (Å²) in [5, 5.41) is 7.84. The number of aromatic nitrogens is 5. The molecule has 1 aliphatic rings. The molecule has 4 aromatic rings. The number of nitrogens with zero attached hydrogens (tertiary/aromatic N) is 7. The molecule has 4 aromatic heterocycles.